The highest BCUT2D eigenvalue weighted by atomic mass is 32.2. The van der Waals surface area contributed by atoms with E-state index in [2.05, 4.69) is 34.1 Å². The summed E-state index contributed by atoms with van der Waals surface area (Å²) in [5.41, 5.74) is 2.64. The van der Waals surface area contributed by atoms with E-state index in [1.54, 1.807) is 24.3 Å². The number of nitrogens with one attached hydrogen (secondary N) is 2. The Labute approximate surface area is 151 Å². The second kappa shape index (κ2) is 7.25. The molecule has 0 atom stereocenters. The smallest absolute Gasteiger partial charge is 0.271 e. The maximum Gasteiger partial charge on any atom is 0.271 e. The molecule has 0 radical (unpaired) electrons. The van der Waals surface area contributed by atoms with Crippen molar-refractivity contribution in [2.45, 2.75) is 24.5 Å². The minimum absolute atomic E-state index is 0.295. The number of nitrogens with zero attached hydrogens (tertiary/aromatic N) is 1. The van der Waals surface area contributed by atoms with E-state index < -0.39 is 10.0 Å². The summed E-state index contributed by atoms with van der Waals surface area (Å²) >= 11 is 1.24. The van der Waals surface area contributed by atoms with E-state index >= 15 is 0 Å². The second-order valence-corrected chi connectivity index (χ2v) is 8.78. The number of aromatic nitrogens is 1. The molecule has 0 aliphatic carbocycles. The second-order valence-electron chi connectivity index (χ2n) is 5.58. The molecule has 3 aromatic rings. The lowest BCUT2D eigenvalue weighted by Gasteiger charge is -2.09. The summed E-state index contributed by atoms with van der Waals surface area (Å²) in [7, 11) is -3.56. The van der Waals surface area contributed by atoms with Gasteiger partial charge in [0.1, 0.15) is 10.0 Å². The van der Waals surface area contributed by atoms with Crippen molar-refractivity contribution in [2.75, 3.05) is 10.0 Å². The standard InChI is InChI=1S/C18H19N3O2S2/c1-3-14-5-7-15(8-6-14)20-17-10-9-16(12-19-17)21-25(22,23)18-11-4-13(2)24-18/h4-12,21H,3H2,1-2H3,(H,19,20). The van der Waals surface area contributed by atoms with Crippen LogP contribution in [-0.4, -0.2) is 13.4 Å². The lowest BCUT2D eigenvalue weighted by Crippen LogP contribution is -2.11. The SMILES string of the molecule is CCc1ccc(Nc2ccc(NS(=O)(=O)c3ccc(C)s3)cn2)cc1. The number of thiophene rings is 1. The highest BCUT2D eigenvalue weighted by Crippen LogP contribution is 2.24. The first kappa shape index (κ1) is 17.4. The molecule has 0 aliphatic heterocycles. The van der Waals surface area contributed by atoms with Gasteiger partial charge in [0.25, 0.3) is 10.0 Å². The molecule has 2 heterocycles. The van der Waals surface area contributed by atoms with Crippen LogP contribution in [0.15, 0.2) is 58.9 Å². The maximum absolute atomic E-state index is 12.3. The topological polar surface area (TPSA) is 71.1 Å². The normalized spacial score (nSPS) is 11.3. The van der Waals surface area contributed by atoms with Crippen molar-refractivity contribution >= 4 is 38.6 Å². The third-order valence-electron chi connectivity index (χ3n) is 3.63. The molecule has 0 fully saturated rings. The highest BCUT2D eigenvalue weighted by Gasteiger charge is 2.16. The van der Waals surface area contributed by atoms with E-state index in [1.807, 2.05) is 19.1 Å². The summed E-state index contributed by atoms with van der Waals surface area (Å²) < 4.78 is 27.5. The summed E-state index contributed by atoms with van der Waals surface area (Å²) in [6.07, 6.45) is 2.50. The van der Waals surface area contributed by atoms with Crippen molar-refractivity contribution in [1.29, 1.82) is 0 Å². The predicted octanol–water partition coefficient (Wildman–Crippen LogP) is 4.56. The Morgan fingerprint density at radius 2 is 1.72 bits per heavy atom. The first-order chi connectivity index (χ1) is 12.0. The summed E-state index contributed by atoms with van der Waals surface area (Å²) in [5, 5.41) is 3.19. The number of rotatable bonds is 6. The van der Waals surface area contributed by atoms with Crippen LogP contribution >= 0.6 is 11.3 Å². The minimum atomic E-state index is -3.56. The highest BCUT2D eigenvalue weighted by molar-refractivity contribution is 7.94. The molecule has 0 unspecified atom stereocenters. The molecular formula is C18H19N3O2S2. The fraction of sp³-hybridized carbons (Fsp3) is 0.167. The fourth-order valence-corrected chi connectivity index (χ4v) is 4.59. The minimum Gasteiger partial charge on any atom is -0.340 e. The van der Waals surface area contributed by atoms with Gasteiger partial charge < -0.3 is 5.32 Å². The molecule has 1 aromatic carbocycles. The van der Waals surface area contributed by atoms with Crippen molar-refractivity contribution in [2.24, 2.45) is 0 Å². The first-order valence-electron chi connectivity index (χ1n) is 7.87. The summed E-state index contributed by atoms with van der Waals surface area (Å²) in [5.74, 6) is 0.652. The number of hydrogen-bond donors (Lipinski definition) is 2. The summed E-state index contributed by atoms with van der Waals surface area (Å²) in [6, 6.07) is 14.9. The Bertz CT molecular complexity index is 947. The van der Waals surface area contributed by atoms with E-state index in [0.29, 0.717) is 15.7 Å². The van der Waals surface area contributed by atoms with Crippen molar-refractivity contribution in [3.05, 3.63) is 65.2 Å². The molecule has 0 saturated heterocycles. The van der Waals surface area contributed by atoms with Crippen LogP contribution in [0.3, 0.4) is 0 Å². The maximum atomic E-state index is 12.3. The molecule has 0 aliphatic rings. The fourth-order valence-electron chi connectivity index (χ4n) is 2.26. The predicted molar refractivity (Wildman–Crippen MR) is 103 cm³/mol. The third-order valence-corrected chi connectivity index (χ3v) is 6.50. The van der Waals surface area contributed by atoms with E-state index in [4.69, 9.17) is 0 Å². The molecule has 25 heavy (non-hydrogen) atoms. The Kier molecular flexibility index (Phi) is 5.06. The van der Waals surface area contributed by atoms with E-state index in [0.717, 1.165) is 17.0 Å². The van der Waals surface area contributed by atoms with Gasteiger partial charge in [0.2, 0.25) is 0 Å². The average Bonchev–Trinajstić information content (AvgIpc) is 3.05. The Morgan fingerprint density at radius 3 is 2.28 bits per heavy atom. The van der Waals surface area contributed by atoms with Crippen LogP contribution in [0.1, 0.15) is 17.4 Å². The van der Waals surface area contributed by atoms with Crippen LogP contribution in [0, 0.1) is 6.92 Å². The van der Waals surface area contributed by atoms with Gasteiger partial charge in [0, 0.05) is 10.6 Å². The van der Waals surface area contributed by atoms with Gasteiger partial charge in [-0.2, -0.15) is 0 Å². The van der Waals surface area contributed by atoms with E-state index in [1.165, 1.54) is 23.1 Å². The van der Waals surface area contributed by atoms with Crippen LogP contribution in [0.25, 0.3) is 0 Å². The largest absolute Gasteiger partial charge is 0.340 e. The summed E-state index contributed by atoms with van der Waals surface area (Å²) in [4.78, 5) is 5.22. The lowest BCUT2D eigenvalue weighted by atomic mass is 10.1. The number of pyridine rings is 1. The molecule has 7 heteroatoms. The number of benzene rings is 1. The van der Waals surface area contributed by atoms with E-state index in [9.17, 15) is 8.42 Å². The zero-order valence-corrected chi connectivity index (χ0v) is 15.6. The van der Waals surface area contributed by atoms with E-state index in [-0.39, 0.29) is 0 Å². The summed E-state index contributed by atoms with van der Waals surface area (Å²) in [6.45, 7) is 3.99. The van der Waals surface area contributed by atoms with Crippen molar-refractivity contribution in [1.82, 2.24) is 4.98 Å². The molecule has 0 spiro atoms. The molecule has 2 N–H and O–H groups in total. The number of hydrogen-bond acceptors (Lipinski definition) is 5. The van der Waals surface area contributed by atoms with Gasteiger partial charge in [-0.25, -0.2) is 13.4 Å². The molecule has 0 bridgehead atoms. The van der Waals surface area contributed by atoms with Gasteiger partial charge in [-0.05, 0) is 55.3 Å². The number of aryl methyl sites for hydroxylation is 2. The van der Waals surface area contributed by atoms with Gasteiger partial charge in [0.05, 0.1) is 11.9 Å². The van der Waals surface area contributed by atoms with Crippen molar-refractivity contribution in [3.8, 4) is 0 Å². The Morgan fingerprint density at radius 1 is 1.00 bits per heavy atom. The van der Waals surface area contributed by atoms with Gasteiger partial charge in [0.15, 0.2) is 0 Å². The Hall–Kier alpha value is -2.38. The van der Waals surface area contributed by atoms with Crippen LogP contribution in [0.5, 0.6) is 0 Å². The van der Waals surface area contributed by atoms with Crippen molar-refractivity contribution < 1.29 is 8.42 Å². The molecule has 0 amide bonds. The molecule has 130 valence electrons. The van der Waals surface area contributed by atoms with Gasteiger partial charge >= 0.3 is 0 Å². The zero-order chi connectivity index (χ0) is 17.9. The number of anilines is 3. The quantitative estimate of drug-likeness (QED) is 0.664. The first-order valence-corrected chi connectivity index (χ1v) is 10.2. The molecule has 2 aromatic heterocycles. The van der Waals surface area contributed by atoms with Crippen LogP contribution in [-0.2, 0) is 16.4 Å². The molecule has 0 saturated carbocycles. The number of sulfonamides is 1. The molecule has 3 rings (SSSR count). The van der Waals surface area contributed by atoms with Gasteiger partial charge in [-0.3, -0.25) is 4.72 Å². The molecular weight excluding hydrogens is 354 g/mol. The zero-order valence-electron chi connectivity index (χ0n) is 14.0. The van der Waals surface area contributed by atoms with Crippen LogP contribution < -0.4 is 10.0 Å². The Balaban J connectivity index is 1.69. The monoisotopic (exact) mass is 373 g/mol. The van der Waals surface area contributed by atoms with Crippen LogP contribution in [0.2, 0.25) is 0 Å². The lowest BCUT2D eigenvalue weighted by molar-refractivity contribution is 0.603. The average molecular weight is 374 g/mol. The van der Waals surface area contributed by atoms with Crippen LogP contribution in [0.4, 0.5) is 17.2 Å². The van der Waals surface area contributed by atoms with Gasteiger partial charge in [-0.15, -0.1) is 11.3 Å². The van der Waals surface area contributed by atoms with Gasteiger partial charge in [-0.1, -0.05) is 19.1 Å². The van der Waals surface area contributed by atoms with Crippen molar-refractivity contribution in [3.63, 3.8) is 0 Å². The third kappa shape index (κ3) is 4.37. The molecule has 5 nitrogen and oxygen atoms in total.